The predicted molar refractivity (Wildman–Crippen MR) is 109 cm³/mol. The van der Waals surface area contributed by atoms with E-state index < -0.39 is 0 Å². The van der Waals surface area contributed by atoms with Gasteiger partial charge in [0.1, 0.15) is 5.69 Å². The van der Waals surface area contributed by atoms with E-state index in [1.54, 1.807) is 41.6 Å². The molecule has 0 unspecified atom stereocenters. The summed E-state index contributed by atoms with van der Waals surface area (Å²) < 4.78 is 0. The van der Waals surface area contributed by atoms with Crippen molar-refractivity contribution in [2.24, 2.45) is 0 Å². The van der Waals surface area contributed by atoms with Crippen molar-refractivity contribution in [3.63, 3.8) is 0 Å². The van der Waals surface area contributed by atoms with E-state index in [9.17, 15) is 9.59 Å². The molecule has 1 aliphatic heterocycles. The summed E-state index contributed by atoms with van der Waals surface area (Å²) in [6.45, 7) is 2.37. The molecule has 1 aromatic carbocycles. The van der Waals surface area contributed by atoms with Crippen LogP contribution in [0.25, 0.3) is 0 Å². The van der Waals surface area contributed by atoms with Crippen molar-refractivity contribution in [1.82, 2.24) is 19.9 Å². The molecule has 4 rings (SSSR count). The van der Waals surface area contributed by atoms with Crippen LogP contribution in [0, 0.1) is 0 Å². The molecule has 0 atom stereocenters. The van der Waals surface area contributed by atoms with Gasteiger partial charge >= 0.3 is 0 Å². The van der Waals surface area contributed by atoms with Crippen LogP contribution in [0.1, 0.15) is 20.8 Å². The van der Waals surface area contributed by atoms with Gasteiger partial charge in [-0.15, -0.1) is 0 Å². The molecule has 1 fully saturated rings. The molecular weight excluding hydrogens is 368 g/mol. The number of piperazine rings is 1. The molecule has 2 aromatic heterocycles. The number of rotatable bonds is 4. The van der Waals surface area contributed by atoms with Gasteiger partial charge in [-0.3, -0.25) is 14.6 Å². The fourth-order valence-corrected chi connectivity index (χ4v) is 3.14. The Balaban J connectivity index is 1.40. The zero-order valence-electron chi connectivity index (χ0n) is 15.7. The molecule has 0 saturated carbocycles. The molecule has 2 amide bonds. The Morgan fingerprint density at radius 3 is 2.28 bits per heavy atom. The molecule has 1 N–H and O–H groups in total. The Bertz CT molecular complexity index is 988. The number of benzene rings is 1. The molecule has 3 heterocycles. The summed E-state index contributed by atoms with van der Waals surface area (Å²) in [7, 11) is 0. The van der Waals surface area contributed by atoms with Gasteiger partial charge in [0.2, 0.25) is 5.95 Å². The van der Waals surface area contributed by atoms with E-state index >= 15 is 0 Å². The van der Waals surface area contributed by atoms with Crippen molar-refractivity contribution >= 4 is 23.5 Å². The third-order valence-electron chi connectivity index (χ3n) is 4.67. The molecule has 0 bridgehead atoms. The fourth-order valence-electron chi connectivity index (χ4n) is 3.14. The number of pyridine rings is 1. The standard InChI is InChI=1S/C21H20N6O2/c28-19(25-17-5-2-1-3-6-17)16-7-10-22-18(15-16)20(29)26-11-13-27(14-12-26)21-23-8-4-9-24-21/h1-10,15H,11-14H2,(H,25,28). The van der Waals surface area contributed by atoms with Gasteiger partial charge in [-0.2, -0.15) is 0 Å². The van der Waals surface area contributed by atoms with Gasteiger partial charge in [0, 0.05) is 56.0 Å². The first-order valence-electron chi connectivity index (χ1n) is 9.34. The van der Waals surface area contributed by atoms with Crippen molar-refractivity contribution in [2.45, 2.75) is 0 Å². The Morgan fingerprint density at radius 1 is 0.828 bits per heavy atom. The third-order valence-corrected chi connectivity index (χ3v) is 4.67. The van der Waals surface area contributed by atoms with Crippen LogP contribution >= 0.6 is 0 Å². The average Bonchev–Trinajstić information content (AvgIpc) is 2.80. The fraction of sp³-hybridized carbons (Fsp3) is 0.190. The van der Waals surface area contributed by atoms with Crippen molar-refractivity contribution in [2.75, 3.05) is 36.4 Å². The zero-order valence-corrected chi connectivity index (χ0v) is 15.7. The smallest absolute Gasteiger partial charge is 0.272 e. The maximum Gasteiger partial charge on any atom is 0.272 e. The summed E-state index contributed by atoms with van der Waals surface area (Å²) in [5.41, 5.74) is 1.35. The van der Waals surface area contributed by atoms with Crippen molar-refractivity contribution < 1.29 is 9.59 Å². The number of hydrogen-bond donors (Lipinski definition) is 1. The number of para-hydroxylation sites is 1. The highest BCUT2D eigenvalue weighted by Crippen LogP contribution is 2.14. The second-order valence-corrected chi connectivity index (χ2v) is 6.58. The quantitative estimate of drug-likeness (QED) is 0.736. The Hall–Kier alpha value is -3.81. The minimum atomic E-state index is -0.279. The van der Waals surface area contributed by atoms with Gasteiger partial charge in [0.25, 0.3) is 11.8 Å². The number of nitrogens with zero attached hydrogens (tertiary/aromatic N) is 5. The lowest BCUT2D eigenvalue weighted by Gasteiger charge is -2.34. The van der Waals surface area contributed by atoms with E-state index in [1.807, 2.05) is 23.1 Å². The molecule has 146 valence electrons. The minimum absolute atomic E-state index is 0.187. The van der Waals surface area contributed by atoms with Crippen LogP contribution in [0.4, 0.5) is 11.6 Å². The Morgan fingerprint density at radius 2 is 1.55 bits per heavy atom. The van der Waals surface area contributed by atoms with Crippen LogP contribution in [0.3, 0.4) is 0 Å². The van der Waals surface area contributed by atoms with E-state index in [2.05, 4.69) is 20.3 Å². The minimum Gasteiger partial charge on any atom is -0.337 e. The highest BCUT2D eigenvalue weighted by atomic mass is 16.2. The average molecular weight is 388 g/mol. The third kappa shape index (κ3) is 4.37. The molecule has 1 saturated heterocycles. The summed E-state index contributed by atoms with van der Waals surface area (Å²) in [4.78, 5) is 41.8. The molecule has 0 radical (unpaired) electrons. The van der Waals surface area contributed by atoms with Gasteiger partial charge in [-0.25, -0.2) is 9.97 Å². The largest absolute Gasteiger partial charge is 0.337 e. The SMILES string of the molecule is O=C(Nc1ccccc1)c1ccnc(C(=O)N2CCN(c3ncccn3)CC2)c1. The van der Waals surface area contributed by atoms with Crippen LogP contribution in [-0.2, 0) is 0 Å². The molecule has 3 aromatic rings. The van der Waals surface area contributed by atoms with Gasteiger partial charge < -0.3 is 15.1 Å². The summed E-state index contributed by atoms with van der Waals surface area (Å²) in [6.07, 6.45) is 4.90. The lowest BCUT2D eigenvalue weighted by atomic mass is 10.2. The molecule has 29 heavy (non-hydrogen) atoms. The van der Waals surface area contributed by atoms with Crippen LogP contribution < -0.4 is 10.2 Å². The Labute approximate surface area is 168 Å². The molecule has 8 nitrogen and oxygen atoms in total. The van der Waals surface area contributed by atoms with Gasteiger partial charge in [-0.05, 0) is 30.3 Å². The summed E-state index contributed by atoms with van der Waals surface area (Å²) in [5.74, 6) is 0.198. The van der Waals surface area contributed by atoms with Crippen LogP contribution in [0.2, 0.25) is 0 Å². The number of aromatic nitrogens is 3. The first-order chi connectivity index (χ1) is 14.2. The highest BCUT2D eigenvalue weighted by molar-refractivity contribution is 6.05. The number of nitrogens with one attached hydrogen (secondary N) is 1. The van der Waals surface area contributed by atoms with E-state index in [0.717, 1.165) is 0 Å². The number of amides is 2. The molecule has 0 spiro atoms. The second-order valence-electron chi connectivity index (χ2n) is 6.58. The number of hydrogen-bond acceptors (Lipinski definition) is 6. The topological polar surface area (TPSA) is 91.3 Å². The van der Waals surface area contributed by atoms with Crippen LogP contribution in [0.5, 0.6) is 0 Å². The number of carbonyl (C=O) groups excluding carboxylic acids is 2. The summed E-state index contributed by atoms with van der Waals surface area (Å²) >= 11 is 0. The Kier molecular flexibility index (Phi) is 5.42. The monoisotopic (exact) mass is 388 g/mol. The van der Waals surface area contributed by atoms with E-state index in [-0.39, 0.29) is 17.5 Å². The van der Waals surface area contributed by atoms with E-state index in [0.29, 0.717) is 43.4 Å². The van der Waals surface area contributed by atoms with Crippen molar-refractivity contribution in [3.8, 4) is 0 Å². The van der Waals surface area contributed by atoms with Gasteiger partial charge in [0.05, 0.1) is 0 Å². The van der Waals surface area contributed by atoms with E-state index in [4.69, 9.17) is 0 Å². The zero-order chi connectivity index (χ0) is 20.1. The molecule has 0 aliphatic carbocycles. The molecule has 8 heteroatoms. The molecule has 1 aliphatic rings. The lowest BCUT2D eigenvalue weighted by Crippen LogP contribution is -2.49. The van der Waals surface area contributed by atoms with Crippen molar-refractivity contribution in [3.05, 3.63) is 78.4 Å². The maximum absolute atomic E-state index is 12.9. The maximum atomic E-state index is 12.9. The number of anilines is 2. The van der Waals surface area contributed by atoms with Gasteiger partial charge in [0.15, 0.2) is 0 Å². The normalized spacial score (nSPS) is 13.8. The van der Waals surface area contributed by atoms with Crippen molar-refractivity contribution in [1.29, 1.82) is 0 Å². The van der Waals surface area contributed by atoms with E-state index in [1.165, 1.54) is 12.3 Å². The number of carbonyl (C=O) groups is 2. The van der Waals surface area contributed by atoms with Crippen LogP contribution in [-0.4, -0.2) is 57.8 Å². The first-order valence-corrected chi connectivity index (χ1v) is 9.34. The predicted octanol–water partition coefficient (Wildman–Crippen LogP) is 2.09. The van der Waals surface area contributed by atoms with Crippen LogP contribution in [0.15, 0.2) is 67.1 Å². The first kappa shape index (κ1) is 18.5. The van der Waals surface area contributed by atoms with Gasteiger partial charge in [-0.1, -0.05) is 18.2 Å². The second kappa shape index (κ2) is 8.47. The lowest BCUT2D eigenvalue weighted by molar-refractivity contribution is 0.0740. The molecular formula is C21H20N6O2. The highest BCUT2D eigenvalue weighted by Gasteiger charge is 2.24. The summed E-state index contributed by atoms with van der Waals surface area (Å²) in [6, 6.07) is 14.1. The summed E-state index contributed by atoms with van der Waals surface area (Å²) in [5, 5.41) is 2.82.